The van der Waals surface area contributed by atoms with Gasteiger partial charge in [-0.2, -0.15) is 4.72 Å². The fourth-order valence-electron chi connectivity index (χ4n) is 3.36. The summed E-state index contributed by atoms with van der Waals surface area (Å²) < 4.78 is 28.5. The molecule has 1 amide bonds. The molecule has 3 rings (SSSR count). The highest BCUT2D eigenvalue weighted by molar-refractivity contribution is 7.89. The number of aliphatic carboxylic acids is 1. The first kappa shape index (κ1) is 26.7. The van der Waals surface area contributed by atoms with Gasteiger partial charge >= 0.3 is 5.97 Å². The van der Waals surface area contributed by atoms with Crippen molar-refractivity contribution in [2.75, 3.05) is 18.5 Å². The second-order valence-electron chi connectivity index (χ2n) is 7.62. The largest absolute Gasteiger partial charge is 0.478 e. The number of halogens is 2. The zero-order chi connectivity index (χ0) is 25.5. The molecule has 0 spiro atoms. The lowest BCUT2D eigenvalue weighted by atomic mass is 10.0. The number of amides is 1. The summed E-state index contributed by atoms with van der Waals surface area (Å²) in [5, 5.41) is 18.6. The molecule has 1 aliphatic heterocycles. The molecule has 1 aromatic heterocycles. The third-order valence-electron chi connectivity index (χ3n) is 5.07. The maximum Gasteiger partial charge on any atom is 0.345 e. The van der Waals surface area contributed by atoms with Gasteiger partial charge in [-0.3, -0.25) is 4.79 Å². The Kier molecular flexibility index (Phi) is 8.94. The van der Waals surface area contributed by atoms with Crippen LogP contribution < -0.4 is 15.4 Å². The molecule has 0 aliphatic carbocycles. The number of anilines is 1. The van der Waals surface area contributed by atoms with Gasteiger partial charge in [0.2, 0.25) is 15.7 Å². The number of aromatic amines is 1. The van der Waals surface area contributed by atoms with E-state index >= 15 is 0 Å². The number of carboxylic acids is 1. The topological polar surface area (TPSA) is 175 Å². The van der Waals surface area contributed by atoms with Gasteiger partial charge in [-0.25, -0.2) is 18.2 Å². The first-order valence-electron chi connectivity index (χ1n) is 10.6. The number of oxime groups is 1. The van der Waals surface area contributed by atoms with Gasteiger partial charge in [-0.1, -0.05) is 40.8 Å². The molecule has 0 fully saturated rings. The van der Waals surface area contributed by atoms with Crippen LogP contribution in [0.3, 0.4) is 0 Å². The van der Waals surface area contributed by atoms with E-state index < -0.39 is 32.5 Å². The van der Waals surface area contributed by atoms with Crippen LogP contribution in [0.2, 0.25) is 10.0 Å². The van der Waals surface area contributed by atoms with Crippen LogP contribution in [0.4, 0.5) is 5.95 Å². The van der Waals surface area contributed by atoms with E-state index in [1.807, 2.05) is 0 Å². The molecule has 1 atom stereocenters. The van der Waals surface area contributed by atoms with Crippen LogP contribution in [0, 0.1) is 0 Å². The van der Waals surface area contributed by atoms with E-state index in [0.29, 0.717) is 25.3 Å². The van der Waals surface area contributed by atoms with Crippen LogP contribution in [0.5, 0.6) is 0 Å². The summed E-state index contributed by atoms with van der Waals surface area (Å²) in [6.45, 7) is 0.710. The van der Waals surface area contributed by atoms with Crippen LogP contribution in [-0.4, -0.2) is 59.9 Å². The normalized spacial score (nSPS) is 15.1. The van der Waals surface area contributed by atoms with Gasteiger partial charge in [-0.05, 0) is 31.4 Å². The Morgan fingerprint density at radius 1 is 1.20 bits per heavy atom. The Bertz CT molecular complexity index is 1170. The van der Waals surface area contributed by atoms with E-state index in [2.05, 4.69) is 30.5 Å². The predicted octanol–water partition coefficient (Wildman–Crippen LogP) is 2.34. The van der Waals surface area contributed by atoms with E-state index in [9.17, 15) is 23.1 Å². The number of aromatic nitrogens is 2. The average molecular weight is 547 g/mol. The number of benzene rings is 1. The van der Waals surface area contributed by atoms with Crippen molar-refractivity contribution in [3.63, 3.8) is 0 Å². The van der Waals surface area contributed by atoms with Gasteiger partial charge in [0.15, 0.2) is 5.95 Å². The van der Waals surface area contributed by atoms with Crippen molar-refractivity contribution in [2.24, 2.45) is 5.16 Å². The van der Waals surface area contributed by atoms with Gasteiger partial charge < -0.3 is 25.6 Å². The second kappa shape index (κ2) is 11.7. The molecule has 1 unspecified atom stereocenters. The summed E-state index contributed by atoms with van der Waals surface area (Å²) in [5.41, 5.74) is -2.44. The van der Waals surface area contributed by atoms with Crippen molar-refractivity contribution < 1.29 is 28.0 Å². The minimum atomic E-state index is -4.58. The van der Waals surface area contributed by atoms with Gasteiger partial charge in [0, 0.05) is 25.4 Å². The number of carbonyl (C=O) groups excluding carboxylic acids is 1. The summed E-state index contributed by atoms with van der Waals surface area (Å²) in [7, 11) is -4.58. The standard InChI is InChI=1S/C20H24Cl2N6O6S/c21-13-5-4-6-14(22)16(13)35(32,33)28-20(18(30)31,26-17(29)15-7-12-34-27-15)8-2-1-3-9-23-19-24-10-11-25-19/h4-6,10-11,28H,1-3,7-9,12H2,(H,26,29)(H,30,31)(H2,23,24,25). The summed E-state index contributed by atoms with van der Waals surface area (Å²) in [5.74, 6) is -1.87. The molecule has 2 heterocycles. The van der Waals surface area contributed by atoms with Gasteiger partial charge in [0.25, 0.3) is 5.91 Å². The third-order valence-corrected chi connectivity index (χ3v) is 7.52. The van der Waals surface area contributed by atoms with E-state index in [0.717, 1.165) is 0 Å². The van der Waals surface area contributed by atoms with Crippen LogP contribution >= 0.6 is 23.2 Å². The number of imidazole rings is 1. The number of carbonyl (C=O) groups is 2. The van der Waals surface area contributed by atoms with Gasteiger partial charge in [0.1, 0.15) is 17.2 Å². The number of hydrogen-bond donors (Lipinski definition) is 5. The molecular weight excluding hydrogens is 523 g/mol. The minimum Gasteiger partial charge on any atom is -0.478 e. The Balaban J connectivity index is 1.78. The smallest absolute Gasteiger partial charge is 0.345 e. The van der Waals surface area contributed by atoms with Crippen molar-refractivity contribution in [2.45, 2.75) is 42.7 Å². The minimum absolute atomic E-state index is 0.0479. The Labute approximate surface area is 211 Å². The lowest BCUT2D eigenvalue weighted by Crippen LogP contribution is -2.66. The van der Waals surface area contributed by atoms with Gasteiger partial charge in [-0.15, -0.1) is 0 Å². The molecule has 2 aromatic rings. The van der Waals surface area contributed by atoms with E-state index in [1.165, 1.54) is 18.2 Å². The second-order valence-corrected chi connectivity index (χ2v) is 10.1. The predicted molar refractivity (Wildman–Crippen MR) is 129 cm³/mol. The number of nitrogens with one attached hydrogen (secondary N) is 4. The SMILES string of the molecule is O=C(NC(CCCCCNc1ncc[nH]1)(NS(=O)(=O)c1c(Cl)cccc1Cl)C(=O)O)C1=NOCC1. The van der Waals surface area contributed by atoms with E-state index in [-0.39, 0.29) is 41.6 Å². The molecule has 15 heteroatoms. The fourth-order valence-corrected chi connectivity index (χ4v) is 5.81. The van der Waals surface area contributed by atoms with Crippen LogP contribution in [0.15, 0.2) is 40.6 Å². The summed E-state index contributed by atoms with van der Waals surface area (Å²) in [4.78, 5) is 36.4. The maximum atomic E-state index is 13.2. The van der Waals surface area contributed by atoms with Crippen LogP contribution in [0.25, 0.3) is 0 Å². The lowest BCUT2D eigenvalue weighted by molar-refractivity contribution is -0.148. The number of hydrogen-bond acceptors (Lipinski definition) is 8. The maximum absolute atomic E-state index is 13.2. The molecule has 0 saturated heterocycles. The Morgan fingerprint density at radius 2 is 1.94 bits per heavy atom. The molecule has 5 N–H and O–H groups in total. The van der Waals surface area contributed by atoms with Crippen LogP contribution in [0.1, 0.15) is 32.1 Å². The monoisotopic (exact) mass is 546 g/mol. The van der Waals surface area contributed by atoms with Crippen LogP contribution in [-0.2, 0) is 24.4 Å². The van der Waals surface area contributed by atoms with Crippen molar-refractivity contribution in [3.05, 3.63) is 40.6 Å². The molecule has 12 nitrogen and oxygen atoms in total. The molecular formula is C20H24Cl2N6O6S. The average Bonchev–Trinajstić information content (AvgIpc) is 3.49. The quantitative estimate of drug-likeness (QED) is 0.188. The van der Waals surface area contributed by atoms with Crippen molar-refractivity contribution in [1.29, 1.82) is 0 Å². The first-order chi connectivity index (χ1) is 16.6. The summed E-state index contributed by atoms with van der Waals surface area (Å²) in [6.07, 6.45) is 4.58. The number of sulfonamides is 1. The van der Waals surface area contributed by atoms with Crippen molar-refractivity contribution in [1.82, 2.24) is 20.0 Å². The fraction of sp³-hybridized carbons (Fsp3) is 0.400. The van der Waals surface area contributed by atoms with E-state index in [1.54, 1.807) is 12.4 Å². The molecule has 1 aromatic carbocycles. The highest BCUT2D eigenvalue weighted by Crippen LogP contribution is 2.30. The molecule has 35 heavy (non-hydrogen) atoms. The third kappa shape index (κ3) is 6.84. The summed E-state index contributed by atoms with van der Waals surface area (Å²) >= 11 is 12.1. The molecule has 0 radical (unpaired) electrons. The molecule has 1 aliphatic rings. The Hall–Kier alpha value is -2.87. The number of nitrogens with zero attached hydrogens (tertiary/aromatic N) is 2. The molecule has 0 bridgehead atoms. The first-order valence-corrected chi connectivity index (χ1v) is 12.8. The van der Waals surface area contributed by atoms with Gasteiger partial charge in [0.05, 0.1) is 10.0 Å². The number of carboxylic acid groups (broad SMARTS) is 1. The molecule has 190 valence electrons. The van der Waals surface area contributed by atoms with E-state index in [4.69, 9.17) is 28.0 Å². The van der Waals surface area contributed by atoms with Crippen molar-refractivity contribution >= 4 is 56.8 Å². The highest BCUT2D eigenvalue weighted by atomic mass is 35.5. The highest BCUT2D eigenvalue weighted by Gasteiger charge is 2.45. The number of unbranched alkanes of at least 4 members (excludes halogenated alkanes) is 2. The zero-order valence-electron chi connectivity index (χ0n) is 18.4. The van der Waals surface area contributed by atoms with Crippen molar-refractivity contribution in [3.8, 4) is 0 Å². The zero-order valence-corrected chi connectivity index (χ0v) is 20.7. The number of rotatable bonds is 13. The lowest BCUT2D eigenvalue weighted by Gasteiger charge is -2.31. The number of H-pyrrole nitrogens is 1. The summed E-state index contributed by atoms with van der Waals surface area (Å²) in [6, 6.07) is 4.06. The molecule has 0 saturated carbocycles. The Morgan fingerprint density at radius 3 is 2.54 bits per heavy atom.